The zero-order valence-corrected chi connectivity index (χ0v) is 13.1. The number of ether oxygens (including phenoxy) is 3. The minimum Gasteiger partial charge on any atom is -0.485 e. The molecule has 3 aliphatic rings. The Balaban J connectivity index is 1.39. The molecule has 4 rings (SSSR count). The van der Waals surface area contributed by atoms with Crippen molar-refractivity contribution in [2.24, 2.45) is 0 Å². The van der Waals surface area contributed by atoms with Crippen molar-refractivity contribution in [2.45, 2.75) is 23.9 Å². The van der Waals surface area contributed by atoms with Crippen molar-refractivity contribution >= 4 is 17.7 Å². The lowest BCUT2D eigenvalue weighted by Crippen LogP contribution is -2.51. The number of para-hydroxylation sites is 2. The third-order valence-corrected chi connectivity index (χ3v) is 5.86. The quantitative estimate of drug-likeness (QED) is 0.791. The molecule has 0 N–H and O–H groups in total. The molecule has 0 bridgehead atoms. The summed E-state index contributed by atoms with van der Waals surface area (Å²) in [4.78, 5) is 14.5. The fourth-order valence-corrected chi connectivity index (χ4v) is 4.37. The number of carbonyl (C=O) groups excluding carboxylic acids is 1. The van der Waals surface area contributed by atoms with Crippen LogP contribution >= 0.6 is 11.8 Å². The lowest BCUT2D eigenvalue weighted by molar-refractivity contribution is -0.144. The number of fused-ring (bicyclic) bond motifs is 1. The number of amides is 1. The molecule has 2 saturated heterocycles. The van der Waals surface area contributed by atoms with E-state index < -0.39 is 6.10 Å². The molecule has 1 aromatic carbocycles. The van der Waals surface area contributed by atoms with E-state index in [1.54, 1.807) is 0 Å². The highest BCUT2D eigenvalue weighted by molar-refractivity contribution is 8.00. The van der Waals surface area contributed by atoms with Gasteiger partial charge >= 0.3 is 0 Å². The molecule has 1 spiro atoms. The first kappa shape index (κ1) is 14.2. The second kappa shape index (κ2) is 5.66. The minimum absolute atomic E-state index is 0.0207. The third-order valence-electron chi connectivity index (χ3n) is 4.43. The van der Waals surface area contributed by atoms with Gasteiger partial charge in [0.25, 0.3) is 5.91 Å². The Morgan fingerprint density at radius 1 is 1.23 bits per heavy atom. The van der Waals surface area contributed by atoms with Crippen LogP contribution in [0.1, 0.15) is 12.8 Å². The van der Waals surface area contributed by atoms with Gasteiger partial charge in [-0.25, -0.2) is 0 Å². The number of hydrogen-bond acceptors (Lipinski definition) is 5. The van der Waals surface area contributed by atoms with Crippen LogP contribution in [0.15, 0.2) is 24.3 Å². The molecule has 1 amide bonds. The van der Waals surface area contributed by atoms with Gasteiger partial charge in [0.1, 0.15) is 11.5 Å². The molecular formula is C16H19NO4S. The number of rotatable bonds is 1. The van der Waals surface area contributed by atoms with Gasteiger partial charge in [-0.2, -0.15) is 0 Å². The standard InChI is InChI=1S/C16H19NO4S/c18-15(14-11-19-12-3-1-2-4-13(12)21-14)17-7-5-16(6-8-17)20-9-10-22-16/h1-4,14H,5-11H2/t14-/m1/s1. The van der Waals surface area contributed by atoms with Crippen LogP contribution in [-0.2, 0) is 9.53 Å². The molecule has 0 unspecified atom stereocenters. The molecule has 1 atom stereocenters. The van der Waals surface area contributed by atoms with Gasteiger partial charge in [-0.15, -0.1) is 11.8 Å². The molecule has 0 aliphatic carbocycles. The second-order valence-electron chi connectivity index (χ2n) is 5.80. The van der Waals surface area contributed by atoms with E-state index in [1.807, 2.05) is 40.9 Å². The van der Waals surface area contributed by atoms with Gasteiger partial charge in [-0.3, -0.25) is 4.79 Å². The second-order valence-corrected chi connectivity index (χ2v) is 7.24. The van der Waals surface area contributed by atoms with Crippen LogP contribution in [0.4, 0.5) is 0 Å². The van der Waals surface area contributed by atoms with Crippen molar-refractivity contribution in [1.29, 1.82) is 0 Å². The Hall–Kier alpha value is -1.40. The summed E-state index contributed by atoms with van der Waals surface area (Å²) in [6.45, 7) is 2.57. The number of hydrogen-bond donors (Lipinski definition) is 0. The zero-order chi connectivity index (χ0) is 15.0. The van der Waals surface area contributed by atoms with E-state index in [9.17, 15) is 4.79 Å². The number of nitrogens with zero attached hydrogens (tertiary/aromatic N) is 1. The number of benzene rings is 1. The molecule has 0 aromatic heterocycles. The molecule has 0 saturated carbocycles. The van der Waals surface area contributed by atoms with Crippen molar-refractivity contribution in [3.05, 3.63) is 24.3 Å². The van der Waals surface area contributed by atoms with Crippen molar-refractivity contribution in [3.8, 4) is 11.5 Å². The summed E-state index contributed by atoms with van der Waals surface area (Å²) in [7, 11) is 0. The maximum atomic E-state index is 12.6. The Morgan fingerprint density at radius 3 is 2.73 bits per heavy atom. The van der Waals surface area contributed by atoms with E-state index >= 15 is 0 Å². The lowest BCUT2D eigenvalue weighted by atomic mass is 10.1. The molecule has 2 fully saturated rings. The fraction of sp³-hybridized carbons (Fsp3) is 0.562. The maximum Gasteiger partial charge on any atom is 0.267 e. The van der Waals surface area contributed by atoms with Gasteiger partial charge < -0.3 is 19.1 Å². The van der Waals surface area contributed by atoms with Crippen molar-refractivity contribution in [1.82, 2.24) is 4.90 Å². The summed E-state index contributed by atoms with van der Waals surface area (Å²) in [5.74, 6) is 2.44. The van der Waals surface area contributed by atoms with Gasteiger partial charge in [0, 0.05) is 31.7 Å². The van der Waals surface area contributed by atoms with Crippen molar-refractivity contribution in [2.75, 3.05) is 32.1 Å². The van der Waals surface area contributed by atoms with E-state index in [0.717, 1.165) is 38.3 Å². The van der Waals surface area contributed by atoms with Crippen LogP contribution in [0, 0.1) is 0 Å². The van der Waals surface area contributed by atoms with E-state index in [-0.39, 0.29) is 17.4 Å². The highest BCUT2D eigenvalue weighted by atomic mass is 32.2. The molecule has 22 heavy (non-hydrogen) atoms. The van der Waals surface area contributed by atoms with E-state index in [4.69, 9.17) is 14.2 Å². The van der Waals surface area contributed by atoms with Crippen LogP contribution < -0.4 is 9.47 Å². The zero-order valence-electron chi connectivity index (χ0n) is 12.3. The number of thioether (sulfide) groups is 1. The molecule has 3 aliphatic heterocycles. The molecule has 118 valence electrons. The monoisotopic (exact) mass is 321 g/mol. The van der Waals surface area contributed by atoms with Crippen molar-refractivity contribution < 1.29 is 19.0 Å². The lowest BCUT2D eigenvalue weighted by Gasteiger charge is -2.39. The molecular weight excluding hydrogens is 302 g/mol. The van der Waals surface area contributed by atoms with Gasteiger partial charge in [-0.1, -0.05) is 12.1 Å². The normalized spacial score (nSPS) is 26.2. The smallest absolute Gasteiger partial charge is 0.267 e. The Kier molecular flexibility index (Phi) is 3.66. The average molecular weight is 321 g/mol. The predicted molar refractivity (Wildman–Crippen MR) is 83.3 cm³/mol. The van der Waals surface area contributed by atoms with Gasteiger partial charge in [0.15, 0.2) is 11.5 Å². The molecule has 5 nitrogen and oxygen atoms in total. The Labute approximate surface area is 133 Å². The highest BCUT2D eigenvalue weighted by Gasteiger charge is 2.42. The summed E-state index contributed by atoms with van der Waals surface area (Å²) in [5.41, 5.74) is 0. The molecule has 0 radical (unpaired) electrons. The summed E-state index contributed by atoms with van der Waals surface area (Å²) in [6.07, 6.45) is 1.25. The summed E-state index contributed by atoms with van der Waals surface area (Å²) >= 11 is 1.89. The number of carbonyl (C=O) groups is 1. The minimum atomic E-state index is -0.541. The van der Waals surface area contributed by atoms with E-state index in [1.165, 1.54) is 0 Å². The molecule has 3 heterocycles. The first-order valence-corrected chi connectivity index (χ1v) is 8.70. The number of likely N-dealkylation sites (tertiary alicyclic amines) is 1. The van der Waals surface area contributed by atoms with E-state index in [2.05, 4.69) is 0 Å². The Bertz CT molecular complexity index is 563. The van der Waals surface area contributed by atoms with Crippen LogP contribution in [0.2, 0.25) is 0 Å². The fourth-order valence-electron chi connectivity index (χ4n) is 3.20. The first-order valence-electron chi connectivity index (χ1n) is 7.71. The highest BCUT2D eigenvalue weighted by Crippen LogP contribution is 2.41. The van der Waals surface area contributed by atoms with Crippen LogP contribution in [0.5, 0.6) is 11.5 Å². The van der Waals surface area contributed by atoms with E-state index in [0.29, 0.717) is 11.5 Å². The Morgan fingerprint density at radius 2 is 2.00 bits per heavy atom. The predicted octanol–water partition coefficient (Wildman–Crippen LogP) is 1.91. The molecule has 1 aromatic rings. The topological polar surface area (TPSA) is 48.0 Å². The van der Waals surface area contributed by atoms with Crippen LogP contribution in [0.3, 0.4) is 0 Å². The third kappa shape index (κ3) is 2.54. The maximum absolute atomic E-state index is 12.6. The van der Waals surface area contributed by atoms with Gasteiger partial charge in [0.2, 0.25) is 6.10 Å². The number of piperidine rings is 1. The first-order chi connectivity index (χ1) is 10.8. The SMILES string of the molecule is O=C([C@H]1COc2ccccc2O1)N1CCC2(CC1)OCCS2. The largest absolute Gasteiger partial charge is 0.485 e. The average Bonchev–Trinajstić information content (AvgIpc) is 3.02. The van der Waals surface area contributed by atoms with Crippen LogP contribution in [0.25, 0.3) is 0 Å². The summed E-state index contributed by atoms with van der Waals surface area (Å²) < 4.78 is 17.3. The van der Waals surface area contributed by atoms with Gasteiger partial charge in [0.05, 0.1) is 6.61 Å². The summed E-state index contributed by atoms with van der Waals surface area (Å²) in [5, 5.41) is 0. The summed E-state index contributed by atoms with van der Waals surface area (Å²) in [6, 6.07) is 7.47. The molecule has 6 heteroatoms. The van der Waals surface area contributed by atoms with Crippen molar-refractivity contribution in [3.63, 3.8) is 0 Å². The van der Waals surface area contributed by atoms with Gasteiger partial charge in [-0.05, 0) is 12.1 Å². The van der Waals surface area contributed by atoms with Crippen LogP contribution in [-0.4, -0.2) is 53.9 Å².